The molecule has 3 rings (SSSR count). The average molecular weight is 252 g/mol. The highest BCUT2D eigenvalue weighted by Crippen LogP contribution is 2.37. The molecular weight excluding hydrogens is 224 g/mol. The van der Waals surface area contributed by atoms with Crippen molar-refractivity contribution in [1.29, 1.82) is 0 Å². The second-order valence-electron chi connectivity index (χ2n) is 6.32. The van der Waals surface area contributed by atoms with E-state index in [1.807, 2.05) is 0 Å². The summed E-state index contributed by atoms with van der Waals surface area (Å²) in [6, 6.07) is 1.76. The molecule has 0 atom stereocenters. The van der Waals surface area contributed by atoms with Crippen LogP contribution < -0.4 is 5.32 Å². The molecule has 0 bridgehead atoms. The van der Waals surface area contributed by atoms with E-state index >= 15 is 0 Å². The molecule has 3 fully saturated rings. The van der Waals surface area contributed by atoms with Crippen LogP contribution >= 0.6 is 0 Å². The van der Waals surface area contributed by atoms with Crippen LogP contribution in [0.25, 0.3) is 0 Å². The Balaban J connectivity index is 1.47. The van der Waals surface area contributed by atoms with Crippen LogP contribution in [0.1, 0.15) is 45.4 Å². The van der Waals surface area contributed by atoms with E-state index in [0.717, 1.165) is 24.6 Å². The van der Waals surface area contributed by atoms with Gasteiger partial charge in [-0.3, -0.25) is 4.90 Å². The number of nitrogens with zero attached hydrogens (tertiary/aromatic N) is 1. The Morgan fingerprint density at radius 1 is 1.06 bits per heavy atom. The van der Waals surface area contributed by atoms with E-state index in [0.29, 0.717) is 6.10 Å². The molecule has 0 amide bonds. The minimum Gasteiger partial charge on any atom is -0.378 e. The van der Waals surface area contributed by atoms with Gasteiger partial charge < -0.3 is 10.1 Å². The van der Waals surface area contributed by atoms with Gasteiger partial charge in [0.2, 0.25) is 0 Å². The number of ether oxygens (including phenoxy) is 1. The summed E-state index contributed by atoms with van der Waals surface area (Å²) in [5.74, 6) is 0.943. The molecule has 0 radical (unpaired) electrons. The molecule has 0 unspecified atom stereocenters. The van der Waals surface area contributed by atoms with Crippen molar-refractivity contribution in [3.63, 3.8) is 0 Å². The lowest BCUT2D eigenvalue weighted by molar-refractivity contribution is -0.0530. The molecule has 3 aliphatic rings. The maximum atomic E-state index is 5.71. The molecule has 0 spiro atoms. The molecule has 104 valence electrons. The zero-order chi connectivity index (χ0) is 12.4. The van der Waals surface area contributed by atoms with Crippen LogP contribution in [-0.4, -0.2) is 49.3 Å². The summed E-state index contributed by atoms with van der Waals surface area (Å²) >= 11 is 0. The van der Waals surface area contributed by atoms with E-state index in [1.54, 1.807) is 0 Å². The molecule has 0 aromatic rings. The summed E-state index contributed by atoms with van der Waals surface area (Å²) < 4.78 is 5.71. The first-order valence-corrected chi connectivity index (χ1v) is 7.95. The molecule has 1 aliphatic heterocycles. The van der Waals surface area contributed by atoms with E-state index in [2.05, 4.69) is 17.1 Å². The van der Waals surface area contributed by atoms with Gasteiger partial charge in [-0.15, -0.1) is 0 Å². The van der Waals surface area contributed by atoms with Gasteiger partial charge >= 0.3 is 0 Å². The predicted octanol–water partition coefficient (Wildman–Crippen LogP) is 2.02. The molecule has 1 saturated heterocycles. The maximum Gasteiger partial charge on any atom is 0.0604 e. The first kappa shape index (κ1) is 12.9. The van der Waals surface area contributed by atoms with Crippen LogP contribution in [0.2, 0.25) is 0 Å². The van der Waals surface area contributed by atoms with Gasteiger partial charge in [-0.1, -0.05) is 0 Å². The summed E-state index contributed by atoms with van der Waals surface area (Å²) in [6.07, 6.45) is 8.79. The SMILES string of the molecule is CCOC1CC(N(CC2CCNCC2)C2CC2)C1. The minimum atomic E-state index is 0.564. The smallest absolute Gasteiger partial charge is 0.0604 e. The molecule has 2 saturated carbocycles. The van der Waals surface area contributed by atoms with Gasteiger partial charge in [0.05, 0.1) is 6.10 Å². The first-order valence-electron chi connectivity index (χ1n) is 7.95. The van der Waals surface area contributed by atoms with Crippen molar-refractivity contribution in [3.8, 4) is 0 Å². The fourth-order valence-electron chi connectivity index (χ4n) is 3.55. The van der Waals surface area contributed by atoms with E-state index in [4.69, 9.17) is 4.74 Å². The lowest BCUT2D eigenvalue weighted by atomic mass is 9.86. The Hall–Kier alpha value is -0.120. The zero-order valence-electron chi connectivity index (χ0n) is 11.7. The van der Waals surface area contributed by atoms with Gasteiger partial charge in [0.25, 0.3) is 0 Å². The standard InChI is InChI=1S/C15H28N2O/c1-2-18-15-9-14(10-15)17(13-3-4-13)11-12-5-7-16-8-6-12/h12-16H,2-11H2,1H3. The van der Waals surface area contributed by atoms with E-state index in [-0.39, 0.29) is 0 Å². The van der Waals surface area contributed by atoms with Crippen LogP contribution in [0, 0.1) is 5.92 Å². The van der Waals surface area contributed by atoms with Crippen molar-refractivity contribution < 1.29 is 4.74 Å². The number of hydrogen-bond donors (Lipinski definition) is 1. The Morgan fingerprint density at radius 3 is 2.39 bits per heavy atom. The molecule has 2 aliphatic carbocycles. The van der Waals surface area contributed by atoms with E-state index in [9.17, 15) is 0 Å². The number of piperidine rings is 1. The van der Waals surface area contributed by atoms with Crippen molar-refractivity contribution in [3.05, 3.63) is 0 Å². The predicted molar refractivity (Wildman–Crippen MR) is 73.8 cm³/mol. The van der Waals surface area contributed by atoms with Crippen molar-refractivity contribution in [2.75, 3.05) is 26.2 Å². The molecule has 3 nitrogen and oxygen atoms in total. The lowest BCUT2D eigenvalue weighted by Gasteiger charge is -2.44. The number of rotatable bonds is 6. The monoisotopic (exact) mass is 252 g/mol. The second-order valence-corrected chi connectivity index (χ2v) is 6.32. The third kappa shape index (κ3) is 3.06. The zero-order valence-corrected chi connectivity index (χ0v) is 11.7. The van der Waals surface area contributed by atoms with Crippen molar-refractivity contribution in [1.82, 2.24) is 10.2 Å². The molecule has 1 heterocycles. The highest BCUT2D eigenvalue weighted by atomic mass is 16.5. The number of nitrogens with one attached hydrogen (secondary N) is 1. The summed E-state index contributed by atoms with van der Waals surface area (Å²) in [4.78, 5) is 2.84. The molecule has 0 aromatic carbocycles. The van der Waals surface area contributed by atoms with Gasteiger partial charge in [0, 0.05) is 25.2 Å². The van der Waals surface area contributed by atoms with Gasteiger partial charge in [-0.2, -0.15) is 0 Å². The van der Waals surface area contributed by atoms with Crippen molar-refractivity contribution >= 4 is 0 Å². The lowest BCUT2D eigenvalue weighted by Crippen LogP contribution is -2.51. The third-order valence-corrected chi connectivity index (χ3v) is 4.88. The van der Waals surface area contributed by atoms with Crippen molar-refractivity contribution in [2.45, 2.75) is 63.6 Å². The topological polar surface area (TPSA) is 24.5 Å². The maximum absolute atomic E-state index is 5.71. The quantitative estimate of drug-likeness (QED) is 0.783. The molecular formula is C15H28N2O. The molecule has 18 heavy (non-hydrogen) atoms. The van der Waals surface area contributed by atoms with Gasteiger partial charge in [0.1, 0.15) is 0 Å². The highest BCUT2D eigenvalue weighted by molar-refractivity contribution is 4.96. The molecule has 3 heteroatoms. The number of hydrogen-bond acceptors (Lipinski definition) is 3. The van der Waals surface area contributed by atoms with E-state index < -0.39 is 0 Å². The average Bonchev–Trinajstić information content (AvgIpc) is 3.16. The Kier molecular flexibility index (Phi) is 4.22. The van der Waals surface area contributed by atoms with E-state index in [1.165, 1.54) is 58.2 Å². The second kappa shape index (κ2) is 5.89. The summed E-state index contributed by atoms with van der Waals surface area (Å²) in [6.45, 7) is 6.82. The van der Waals surface area contributed by atoms with Crippen LogP contribution in [0.3, 0.4) is 0 Å². The van der Waals surface area contributed by atoms with Crippen molar-refractivity contribution in [2.24, 2.45) is 5.92 Å². The largest absolute Gasteiger partial charge is 0.378 e. The summed E-state index contributed by atoms with van der Waals surface area (Å²) in [7, 11) is 0. The normalized spacial score (nSPS) is 33.7. The first-order chi connectivity index (χ1) is 8.86. The van der Waals surface area contributed by atoms with Crippen LogP contribution in [0.5, 0.6) is 0 Å². The van der Waals surface area contributed by atoms with Crippen LogP contribution in [-0.2, 0) is 4.74 Å². The fourth-order valence-corrected chi connectivity index (χ4v) is 3.55. The Labute approximate surface area is 111 Å². The summed E-state index contributed by atoms with van der Waals surface area (Å²) in [5.41, 5.74) is 0. The van der Waals surface area contributed by atoms with Gasteiger partial charge in [0.15, 0.2) is 0 Å². The van der Waals surface area contributed by atoms with Crippen LogP contribution in [0.4, 0.5) is 0 Å². The van der Waals surface area contributed by atoms with Crippen LogP contribution in [0.15, 0.2) is 0 Å². The Morgan fingerprint density at radius 2 is 1.78 bits per heavy atom. The van der Waals surface area contributed by atoms with Gasteiger partial charge in [-0.25, -0.2) is 0 Å². The molecule has 1 N–H and O–H groups in total. The molecule has 0 aromatic heterocycles. The third-order valence-electron chi connectivity index (χ3n) is 4.88. The highest BCUT2D eigenvalue weighted by Gasteiger charge is 2.41. The Bertz CT molecular complexity index is 255. The fraction of sp³-hybridized carbons (Fsp3) is 1.00. The van der Waals surface area contributed by atoms with Gasteiger partial charge in [-0.05, 0) is 64.5 Å². The summed E-state index contributed by atoms with van der Waals surface area (Å²) in [5, 5.41) is 3.48. The minimum absolute atomic E-state index is 0.564.